The van der Waals surface area contributed by atoms with Gasteiger partial charge in [-0.3, -0.25) is 5.10 Å². The first-order chi connectivity index (χ1) is 9.66. The van der Waals surface area contributed by atoms with Crippen molar-refractivity contribution in [2.75, 3.05) is 0 Å². The van der Waals surface area contributed by atoms with Crippen LogP contribution in [0.15, 0.2) is 24.4 Å². The quantitative estimate of drug-likeness (QED) is 0.901. The van der Waals surface area contributed by atoms with Gasteiger partial charge < -0.3 is 5.32 Å². The third-order valence-electron chi connectivity index (χ3n) is 4.36. The van der Waals surface area contributed by atoms with Crippen LogP contribution in [0.4, 0.5) is 4.39 Å². The van der Waals surface area contributed by atoms with Crippen molar-refractivity contribution in [1.82, 2.24) is 15.5 Å². The Labute approximate surface area is 118 Å². The van der Waals surface area contributed by atoms with Crippen LogP contribution >= 0.6 is 0 Å². The minimum Gasteiger partial charge on any atom is -0.305 e. The molecule has 106 valence electrons. The van der Waals surface area contributed by atoms with Crippen LogP contribution in [-0.2, 0) is 13.0 Å². The first-order valence-corrected chi connectivity index (χ1v) is 7.16. The molecule has 0 fully saturated rings. The number of benzene rings is 1. The number of fused-ring (bicyclic) bond motifs is 1. The summed E-state index contributed by atoms with van der Waals surface area (Å²) in [5, 5.41) is 10.6. The van der Waals surface area contributed by atoms with Crippen molar-refractivity contribution >= 4 is 0 Å². The second-order valence-electron chi connectivity index (χ2n) is 5.70. The lowest BCUT2D eigenvalue weighted by Gasteiger charge is -2.32. The van der Waals surface area contributed by atoms with Crippen LogP contribution in [0.3, 0.4) is 0 Å². The van der Waals surface area contributed by atoms with E-state index in [1.54, 1.807) is 6.07 Å². The van der Waals surface area contributed by atoms with Crippen LogP contribution in [0.2, 0.25) is 0 Å². The molecule has 3 rings (SSSR count). The van der Waals surface area contributed by atoms with Crippen molar-refractivity contribution in [3.8, 4) is 0 Å². The molecule has 4 heteroatoms. The van der Waals surface area contributed by atoms with Gasteiger partial charge >= 0.3 is 0 Å². The van der Waals surface area contributed by atoms with E-state index in [1.807, 2.05) is 25.3 Å². The van der Waals surface area contributed by atoms with Crippen molar-refractivity contribution in [1.29, 1.82) is 0 Å². The molecule has 1 aromatic carbocycles. The molecule has 20 heavy (non-hydrogen) atoms. The summed E-state index contributed by atoms with van der Waals surface area (Å²) in [4.78, 5) is 0. The Kier molecular flexibility index (Phi) is 3.57. The lowest BCUT2D eigenvalue weighted by molar-refractivity contribution is 0.338. The molecular weight excluding hydrogens is 253 g/mol. The number of hydrogen-bond donors (Lipinski definition) is 2. The van der Waals surface area contributed by atoms with E-state index in [0.717, 1.165) is 36.2 Å². The third kappa shape index (κ3) is 2.36. The predicted octanol–water partition coefficient (Wildman–Crippen LogP) is 3.27. The summed E-state index contributed by atoms with van der Waals surface area (Å²) in [5.41, 5.74) is 4.25. The second kappa shape index (κ2) is 5.37. The van der Waals surface area contributed by atoms with Crippen molar-refractivity contribution in [2.45, 2.75) is 39.3 Å². The topological polar surface area (TPSA) is 40.7 Å². The van der Waals surface area contributed by atoms with Gasteiger partial charge in [0.25, 0.3) is 0 Å². The zero-order valence-electron chi connectivity index (χ0n) is 11.9. The van der Waals surface area contributed by atoms with Crippen LogP contribution < -0.4 is 5.32 Å². The van der Waals surface area contributed by atoms with Gasteiger partial charge in [0.1, 0.15) is 5.82 Å². The van der Waals surface area contributed by atoms with Crippen LogP contribution in [0.25, 0.3) is 0 Å². The van der Waals surface area contributed by atoms with Gasteiger partial charge in [0.05, 0.1) is 6.20 Å². The highest BCUT2D eigenvalue weighted by atomic mass is 19.1. The van der Waals surface area contributed by atoms with Gasteiger partial charge in [0.15, 0.2) is 0 Å². The molecule has 0 saturated heterocycles. The maximum atomic E-state index is 13.9. The van der Waals surface area contributed by atoms with Crippen molar-refractivity contribution in [3.05, 3.63) is 52.6 Å². The summed E-state index contributed by atoms with van der Waals surface area (Å²) >= 11 is 0. The van der Waals surface area contributed by atoms with E-state index in [4.69, 9.17) is 0 Å². The average Bonchev–Trinajstić information content (AvgIpc) is 2.83. The number of hydrogen-bond acceptors (Lipinski definition) is 2. The zero-order chi connectivity index (χ0) is 14.1. The summed E-state index contributed by atoms with van der Waals surface area (Å²) in [7, 11) is 0. The summed E-state index contributed by atoms with van der Waals surface area (Å²) in [6.07, 6.45) is 3.71. The van der Waals surface area contributed by atoms with Gasteiger partial charge in [-0.05, 0) is 42.9 Å². The summed E-state index contributed by atoms with van der Waals surface area (Å²) in [5.74, 6) is 0.442. The Morgan fingerprint density at radius 1 is 1.45 bits per heavy atom. The molecule has 2 N–H and O–H groups in total. The zero-order valence-corrected chi connectivity index (χ0v) is 11.9. The number of H-pyrrole nitrogens is 1. The number of halogens is 1. The first-order valence-electron chi connectivity index (χ1n) is 7.16. The maximum absolute atomic E-state index is 13.9. The largest absolute Gasteiger partial charge is 0.305 e. The average molecular weight is 273 g/mol. The van der Waals surface area contributed by atoms with Crippen LogP contribution in [-0.4, -0.2) is 10.2 Å². The van der Waals surface area contributed by atoms with E-state index in [-0.39, 0.29) is 11.9 Å². The molecule has 3 nitrogen and oxygen atoms in total. The standard InChI is InChI=1S/C16H20FN3/c1-10-6-7-13-14(4-3-5-15(13)17)16(10)18-8-12-9-19-20-11(12)2/h3-5,9-10,16,18H,6-8H2,1-2H3,(H,19,20)/t10-,16-/m0/s1. The smallest absolute Gasteiger partial charge is 0.126 e. The first kappa shape index (κ1) is 13.3. The van der Waals surface area contributed by atoms with Gasteiger partial charge in [-0.15, -0.1) is 0 Å². The highest BCUT2D eigenvalue weighted by Gasteiger charge is 2.27. The Bertz CT molecular complexity index is 606. The van der Waals surface area contributed by atoms with Crippen LogP contribution in [0.5, 0.6) is 0 Å². The minimum absolute atomic E-state index is 0.0688. The second-order valence-corrected chi connectivity index (χ2v) is 5.70. The predicted molar refractivity (Wildman–Crippen MR) is 76.8 cm³/mol. The van der Waals surface area contributed by atoms with Gasteiger partial charge in [0, 0.05) is 23.8 Å². The Balaban J connectivity index is 1.83. The van der Waals surface area contributed by atoms with Gasteiger partial charge in [-0.1, -0.05) is 19.1 Å². The Morgan fingerprint density at radius 2 is 2.30 bits per heavy atom. The van der Waals surface area contributed by atoms with Crippen molar-refractivity contribution in [2.24, 2.45) is 5.92 Å². The van der Waals surface area contributed by atoms with E-state index in [1.165, 1.54) is 5.56 Å². The van der Waals surface area contributed by atoms with Gasteiger partial charge in [-0.25, -0.2) is 4.39 Å². The monoisotopic (exact) mass is 273 g/mol. The number of aromatic amines is 1. The van der Waals surface area contributed by atoms with E-state index in [9.17, 15) is 4.39 Å². The molecule has 0 unspecified atom stereocenters. The molecule has 1 heterocycles. The summed E-state index contributed by atoms with van der Waals surface area (Å²) in [6, 6.07) is 5.63. The molecule has 2 aromatic rings. The fourth-order valence-electron chi connectivity index (χ4n) is 3.06. The lowest BCUT2D eigenvalue weighted by atomic mass is 9.80. The molecule has 1 aliphatic carbocycles. The SMILES string of the molecule is Cc1[nH]ncc1CN[C@@H]1c2cccc(F)c2CC[C@@H]1C. The van der Waals surface area contributed by atoms with Crippen LogP contribution in [0.1, 0.15) is 41.8 Å². The molecule has 1 aromatic heterocycles. The molecule has 0 radical (unpaired) electrons. The molecule has 0 aliphatic heterocycles. The minimum atomic E-state index is -0.0688. The third-order valence-corrected chi connectivity index (χ3v) is 4.36. The lowest BCUT2D eigenvalue weighted by Crippen LogP contribution is -2.31. The molecule has 0 amide bonds. The highest BCUT2D eigenvalue weighted by Crippen LogP contribution is 2.35. The number of aryl methyl sites for hydroxylation is 1. The van der Waals surface area contributed by atoms with E-state index >= 15 is 0 Å². The molecular formula is C16H20FN3. The number of nitrogens with zero attached hydrogens (tertiary/aromatic N) is 1. The molecule has 0 saturated carbocycles. The maximum Gasteiger partial charge on any atom is 0.126 e. The Morgan fingerprint density at radius 3 is 3.05 bits per heavy atom. The summed E-state index contributed by atoms with van der Waals surface area (Å²) < 4.78 is 13.9. The normalized spacial score (nSPS) is 21.8. The number of nitrogens with one attached hydrogen (secondary N) is 2. The van der Waals surface area contributed by atoms with E-state index in [2.05, 4.69) is 22.4 Å². The van der Waals surface area contributed by atoms with Crippen molar-refractivity contribution in [3.63, 3.8) is 0 Å². The molecule has 0 bridgehead atoms. The number of rotatable bonds is 3. The Hall–Kier alpha value is -1.68. The fraction of sp³-hybridized carbons (Fsp3) is 0.438. The molecule has 2 atom stereocenters. The fourth-order valence-corrected chi connectivity index (χ4v) is 3.06. The van der Waals surface area contributed by atoms with E-state index in [0.29, 0.717) is 5.92 Å². The highest BCUT2D eigenvalue weighted by molar-refractivity contribution is 5.34. The van der Waals surface area contributed by atoms with Gasteiger partial charge in [0.2, 0.25) is 0 Å². The summed E-state index contributed by atoms with van der Waals surface area (Å²) in [6.45, 7) is 5.00. The van der Waals surface area contributed by atoms with Gasteiger partial charge in [-0.2, -0.15) is 5.10 Å². The molecule has 1 aliphatic rings. The number of aromatic nitrogens is 2. The van der Waals surface area contributed by atoms with Crippen LogP contribution in [0, 0.1) is 18.7 Å². The van der Waals surface area contributed by atoms with E-state index < -0.39 is 0 Å². The van der Waals surface area contributed by atoms with Crippen molar-refractivity contribution < 1.29 is 4.39 Å². The molecule has 0 spiro atoms.